The first kappa shape index (κ1) is 15.8. The first-order valence-electron chi connectivity index (χ1n) is 6.35. The third kappa shape index (κ3) is 4.09. The summed E-state index contributed by atoms with van der Waals surface area (Å²) in [5, 5.41) is 0. The molecule has 6 heteroatoms. The standard InChI is InChI=1S/C11H13F3N2O.C2H6/c1-8-10(16-2-4-17-5-3-16)6-9(7-15-8)11(12,13)14;1-2/h6-7H,2-5H2,1H3;1-2H3. The van der Waals surface area contributed by atoms with E-state index < -0.39 is 11.7 Å². The Morgan fingerprint density at radius 3 is 2.32 bits per heavy atom. The summed E-state index contributed by atoms with van der Waals surface area (Å²) in [5.41, 5.74) is 0.451. The van der Waals surface area contributed by atoms with Crippen LogP contribution in [0.25, 0.3) is 0 Å². The zero-order valence-corrected chi connectivity index (χ0v) is 11.4. The predicted molar refractivity (Wildman–Crippen MR) is 68.4 cm³/mol. The van der Waals surface area contributed by atoms with E-state index in [-0.39, 0.29) is 0 Å². The van der Waals surface area contributed by atoms with Crippen molar-refractivity contribution in [2.75, 3.05) is 31.2 Å². The second-order valence-corrected chi connectivity index (χ2v) is 3.93. The Hall–Kier alpha value is -1.30. The topological polar surface area (TPSA) is 25.4 Å². The maximum atomic E-state index is 12.6. The van der Waals surface area contributed by atoms with Gasteiger partial charge in [0.1, 0.15) is 0 Å². The Kier molecular flexibility index (Phi) is 5.60. The first-order chi connectivity index (χ1) is 8.98. The van der Waals surface area contributed by atoms with Gasteiger partial charge in [0.25, 0.3) is 0 Å². The van der Waals surface area contributed by atoms with Crippen LogP contribution in [0.1, 0.15) is 25.1 Å². The lowest BCUT2D eigenvalue weighted by molar-refractivity contribution is -0.137. The van der Waals surface area contributed by atoms with E-state index in [0.29, 0.717) is 37.7 Å². The largest absolute Gasteiger partial charge is 0.417 e. The zero-order valence-electron chi connectivity index (χ0n) is 11.4. The van der Waals surface area contributed by atoms with Gasteiger partial charge in [-0.05, 0) is 13.0 Å². The van der Waals surface area contributed by atoms with Gasteiger partial charge < -0.3 is 9.64 Å². The zero-order chi connectivity index (χ0) is 14.5. The van der Waals surface area contributed by atoms with E-state index in [1.54, 1.807) is 6.92 Å². The van der Waals surface area contributed by atoms with Crippen molar-refractivity contribution in [2.24, 2.45) is 0 Å². The Labute approximate surface area is 111 Å². The lowest BCUT2D eigenvalue weighted by Gasteiger charge is -2.30. The molecule has 19 heavy (non-hydrogen) atoms. The molecule has 0 amide bonds. The molecule has 0 aromatic carbocycles. The molecular weight excluding hydrogens is 257 g/mol. The van der Waals surface area contributed by atoms with E-state index in [4.69, 9.17) is 4.74 Å². The SMILES string of the molecule is CC.Cc1ncc(C(F)(F)F)cc1N1CCOCC1. The predicted octanol–water partition coefficient (Wildman–Crippen LogP) is 3.27. The van der Waals surface area contributed by atoms with E-state index in [1.807, 2.05) is 18.7 Å². The molecule has 108 valence electrons. The van der Waals surface area contributed by atoms with Gasteiger partial charge in [0, 0.05) is 19.3 Å². The van der Waals surface area contributed by atoms with E-state index in [9.17, 15) is 13.2 Å². The van der Waals surface area contributed by atoms with Crippen molar-refractivity contribution in [3.8, 4) is 0 Å². The lowest BCUT2D eigenvalue weighted by Crippen LogP contribution is -2.37. The van der Waals surface area contributed by atoms with Crippen LogP contribution in [0.15, 0.2) is 12.3 Å². The fraction of sp³-hybridized carbons (Fsp3) is 0.615. The average Bonchev–Trinajstić information content (AvgIpc) is 2.41. The van der Waals surface area contributed by atoms with Gasteiger partial charge in [-0.3, -0.25) is 4.98 Å². The van der Waals surface area contributed by atoms with Gasteiger partial charge in [-0.2, -0.15) is 13.2 Å². The third-order valence-corrected chi connectivity index (χ3v) is 2.74. The summed E-state index contributed by atoms with van der Waals surface area (Å²) >= 11 is 0. The number of ether oxygens (including phenoxy) is 1. The van der Waals surface area contributed by atoms with E-state index in [0.717, 1.165) is 12.3 Å². The quantitative estimate of drug-likeness (QED) is 0.787. The Morgan fingerprint density at radius 2 is 1.79 bits per heavy atom. The summed E-state index contributed by atoms with van der Waals surface area (Å²) < 4.78 is 42.9. The van der Waals surface area contributed by atoms with Gasteiger partial charge in [-0.25, -0.2) is 0 Å². The van der Waals surface area contributed by atoms with Crippen molar-refractivity contribution in [2.45, 2.75) is 26.9 Å². The summed E-state index contributed by atoms with van der Waals surface area (Å²) in [4.78, 5) is 5.69. The van der Waals surface area contributed by atoms with Crippen molar-refractivity contribution in [3.05, 3.63) is 23.5 Å². The number of morpholine rings is 1. The van der Waals surface area contributed by atoms with E-state index >= 15 is 0 Å². The number of hydrogen-bond donors (Lipinski definition) is 0. The minimum Gasteiger partial charge on any atom is -0.378 e. The molecule has 0 unspecified atom stereocenters. The highest BCUT2D eigenvalue weighted by Crippen LogP contribution is 2.32. The van der Waals surface area contributed by atoms with Crippen LogP contribution in [0.4, 0.5) is 18.9 Å². The monoisotopic (exact) mass is 276 g/mol. The minimum atomic E-state index is -4.35. The van der Waals surface area contributed by atoms with Gasteiger partial charge in [0.15, 0.2) is 0 Å². The molecule has 1 aliphatic heterocycles. The number of alkyl halides is 3. The fourth-order valence-electron chi connectivity index (χ4n) is 1.80. The van der Waals surface area contributed by atoms with Crippen LogP contribution < -0.4 is 4.90 Å². The van der Waals surface area contributed by atoms with Crippen LogP contribution >= 0.6 is 0 Å². The minimum absolute atomic E-state index is 0.537. The molecule has 0 radical (unpaired) electrons. The van der Waals surface area contributed by atoms with Gasteiger partial charge in [-0.15, -0.1) is 0 Å². The molecule has 0 aliphatic carbocycles. The molecule has 1 aromatic heterocycles. The number of nitrogens with zero attached hydrogens (tertiary/aromatic N) is 2. The van der Waals surface area contributed by atoms with Crippen LogP contribution in [0.3, 0.4) is 0 Å². The summed E-state index contributed by atoms with van der Waals surface area (Å²) in [6.45, 7) is 7.99. The number of rotatable bonds is 1. The Balaban J connectivity index is 0.000000861. The van der Waals surface area contributed by atoms with Crippen molar-refractivity contribution in [1.82, 2.24) is 4.98 Å². The number of hydrogen-bond acceptors (Lipinski definition) is 3. The Bertz CT molecular complexity index is 401. The summed E-state index contributed by atoms with van der Waals surface area (Å²) in [6, 6.07) is 1.16. The second kappa shape index (κ2) is 6.75. The molecule has 0 N–H and O–H groups in total. The normalized spacial score (nSPS) is 15.8. The van der Waals surface area contributed by atoms with Crippen LogP contribution in [0, 0.1) is 6.92 Å². The Morgan fingerprint density at radius 1 is 1.21 bits per heavy atom. The number of pyridine rings is 1. The third-order valence-electron chi connectivity index (χ3n) is 2.74. The first-order valence-corrected chi connectivity index (χ1v) is 6.35. The van der Waals surface area contributed by atoms with Gasteiger partial charge in [0.2, 0.25) is 0 Å². The summed E-state index contributed by atoms with van der Waals surface area (Å²) in [5.74, 6) is 0. The molecule has 2 heterocycles. The molecule has 1 aromatic rings. The molecule has 1 fully saturated rings. The van der Waals surface area contributed by atoms with Crippen molar-refractivity contribution >= 4 is 5.69 Å². The molecule has 3 nitrogen and oxygen atoms in total. The number of aromatic nitrogens is 1. The van der Waals surface area contributed by atoms with Crippen LogP contribution in [0.2, 0.25) is 0 Å². The highest BCUT2D eigenvalue weighted by Gasteiger charge is 2.32. The van der Waals surface area contributed by atoms with Crippen LogP contribution in [0.5, 0.6) is 0 Å². The maximum absolute atomic E-state index is 12.6. The molecule has 2 rings (SSSR count). The average molecular weight is 276 g/mol. The number of anilines is 1. The van der Waals surface area contributed by atoms with Crippen LogP contribution in [-0.2, 0) is 10.9 Å². The molecule has 1 aliphatic rings. The van der Waals surface area contributed by atoms with E-state index in [2.05, 4.69) is 4.98 Å². The fourth-order valence-corrected chi connectivity index (χ4v) is 1.80. The maximum Gasteiger partial charge on any atom is 0.417 e. The second-order valence-electron chi connectivity index (χ2n) is 3.93. The van der Waals surface area contributed by atoms with Crippen molar-refractivity contribution < 1.29 is 17.9 Å². The van der Waals surface area contributed by atoms with Crippen LogP contribution in [-0.4, -0.2) is 31.3 Å². The lowest BCUT2D eigenvalue weighted by atomic mass is 10.2. The molecular formula is C13H19F3N2O. The molecule has 0 bridgehead atoms. The number of aryl methyl sites for hydroxylation is 1. The summed E-state index contributed by atoms with van der Waals surface area (Å²) in [6.07, 6.45) is -3.47. The van der Waals surface area contributed by atoms with Gasteiger partial charge >= 0.3 is 6.18 Å². The highest BCUT2D eigenvalue weighted by atomic mass is 19.4. The highest BCUT2D eigenvalue weighted by molar-refractivity contribution is 5.52. The summed E-state index contributed by atoms with van der Waals surface area (Å²) in [7, 11) is 0. The molecule has 1 saturated heterocycles. The van der Waals surface area contributed by atoms with Gasteiger partial charge in [-0.1, -0.05) is 13.8 Å². The van der Waals surface area contributed by atoms with Crippen molar-refractivity contribution in [1.29, 1.82) is 0 Å². The van der Waals surface area contributed by atoms with Crippen molar-refractivity contribution in [3.63, 3.8) is 0 Å². The van der Waals surface area contributed by atoms with Gasteiger partial charge in [0.05, 0.1) is 30.2 Å². The van der Waals surface area contributed by atoms with E-state index in [1.165, 1.54) is 0 Å². The number of halogens is 3. The molecule has 0 saturated carbocycles. The molecule has 0 spiro atoms. The molecule has 0 atom stereocenters. The smallest absolute Gasteiger partial charge is 0.378 e.